The molecule has 0 aliphatic carbocycles. The Morgan fingerprint density at radius 3 is 2.48 bits per heavy atom. The van der Waals surface area contributed by atoms with E-state index < -0.39 is 18.1 Å². The van der Waals surface area contributed by atoms with Crippen molar-refractivity contribution in [3.8, 4) is 0 Å². The lowest BCUT2D eigenvalue weighted by atomic mass is 10.00. The number of rotatable bonds is 4. The molecule has 0 amide bonds. The average molecular weight is 288 g/mol. The second-order valence-corrected chi connectivity index (χ2v) is 5.21. The van der Waals surface area contributed by atoms with Crippen LogP contribution in [-0.2, 0) is 11.3 Å². The normalized spacial score (nSPS) is 11.0. The molecule has 0 saturated carbocycles. The second kappa shape index (κ2) is 5.47. The van der Waals surface area contributed by atoms with Crippen molar-refractivity contribution in [3.05, 3.63) is 39.8 Å². The van der Waals surface area contributed by atoms with Gasteiger partial charge in [0, 0.05) is 10.9 Å². The van der Waals surface area contributed by atoms with Crippen LogP contribution in [-0.4, -0.2) is 26.6 Å². The van der Waals surface area contributed by atoms with Crippen molar-refractivity contribution in [2.24, 2.45) is 0 Å². The minimum atomic E-state index is -1.13. The first kappa shape index (κ1) is 14.9. The number of hydrogen-bond donors (Lipinski definition) is 1. The molecule has 1 aromatic carbocycles. The zero-order chi connectivity index (χ0) is 15.7. The van der Waals surface area contributed by atoms with E-state index in [1.165, 1.54) is 6.92 Å². The van der Waals surface area contributed by atoms with E-state index in [1.807, 2.05) is 13.8 Å². The van der Waals surface area contributed by atoms with E-state index in [0.29, 0.717) is 22.0 Å². The topological polar surface area (TPSA) is 89.3 Å². The summed E-state index contributed by atoms with van der Waals surface area (Å²) < 4.78 is 0.952. The third-order valence-electron chi connectivity index (χ3n) is 3.23. The van der Waals surface area contributed by atoms with Gasteiger partial charge in [-0.15, -0.1) is 0 Å². The molecule has 0 aliphatic heterocycles. The van der Waals surface area contributed by atoms with Crippen LogP contribution in [0.3, 0.4) is 0 Å². The molecule has 0 radical (unpaired) electrons. The van der Waals surface area contributed by atoms with E-state index in [9.17, 15) is 14.4 Å². The average Bonchev–Trinajstić information content (AvgIpc) is 2.40. The van der Waals surface area contributed by atoms with Crippen LogP contribution in [0.4, 0.5) is 0 Å². The van der Waals surface area contributed by atoms with Gasteiger partial charge in [-0.2, -0.15) is 5.10 Å². The molecule has 0 saturated heterocycles. The maximum Gasteiger partial charge on any atom is 0.325 e. The summed E-state index contributed by atoms with van der Waals surface area (Å²) in [4.78, 5) is 34.6. The van der Waals surface area contributed by atoms with Crippen LogP contribution in [0.15, 0.2) is 23.0 Å². The Hall–Kier alpha value is -2.50. The monoisotopic (exact) mass is 288 g/mol. The lowest BCUT2D eigenvalue weighted by Gasteiger charge is -2.12. The van der Waals surface area contributed by atoms with Crippen LogP contribution in [0.2, 0.25) is 0 Å². The van der Waals surface area contributed by atoms with Gasteiger partial charge in [0.05, 0.1) is 11.1 Å². The Bertz CT molecular complexity index is 790. The fraction of sp³-hybridized carbons (Fsp3) is 0.333. The molecule has 6 heteroatoms. The number of hydrogen-bond acceptors (Lipinski definition) is 4. The molecule has 0 unspecified atom stereocenters. The molecule has 110 valence electrons. The number of nitrogens with zero attached hydrogens (tertiary/aromatic N) is 2. The molecule has 21 heavy (non-hydrogen) atoms. The van der Waals surface area contributed by atoms with E-state index in [2.05, 4.69) is 5.10 Å². The van der Waals surface area contributed by atoms with Gasteiger partial charge in [0.15, 0.2) is 5.78 Å². The zero-order valence-electron chi connectivity index (χ0n) is 12.1. The summed E-state index contributed by atoms with van der Waals surface area (Å²) in [5.41, 5.74) is 0.641. The van der Waals surface area contributed by atoms with Gasteiger partial charge in [-0.05, 0) is 25.0 Å². The molecular weight excluding hydrogens is 272 g/mol. The highest BCUT2D eigenvalue weighted by atomic mass is 16.4. The SMILES string of the molecule is CC(=O)c1ccc2c(=O)n(CC(=O)O)nc(C(C)C)c2c1. The third-order valence-corrected chi connectivity index (χ3v) is 3.23. The van der Waals surface area contributed by atoms with Crippen LogP contribution in [0.25, 0.3) is 10.8 Å². The number of benzene rings is 1. The molecular formula is C15H16N2O4. The van der Waals surface area contributed by atoms with Crippen LogP contribution in [0, 0.1) is 0 Å². The summed E-state index contributed by atoms with van der Waals surface area (Å²) in [5.74, 6) is -1.23. The van der Waals surface area contributed by atoms with Crippen molar-refractivity contribution in [1.82, 2.24) is 9.78 Å². The molecule has 0 atom stereocenters. The van der Waals surface area contributed by atoms with Gasteiger partial charge in [0.1, 0.15) is 6.54 Å². The molecule has 0 bridgehead atoms. The van der Waals surface area contributed by atoms with Crippen molar-refractivity contribution in [1.29, 1.82) is 0 Å². The lowest BCUT2D eigenvalue weighted by molar-refractivity contribution is -0.138. The van der Waals surface area contributed by atoms with Crippen molar-refractivity contribution >= 4 is 22.5 Å². The first-order valence-corrected chi connectivity index (χ1v) is 6.58. The quantitative estimate of drug-likeness (QED) is 0.867. The fourth-order valence-electron chi connectivity index (χ4n) is 2.19. The zero-order valence-corrected chi connectivity index (χ0v) is 12.1. The molecule has 0 aliphatic rings. The Balaban J connectivity index is 2.82. The van der Waals surface area contributed by atoms with Gasteiger partial charge in [0.25, 0.3) is 5.56 Å². The first-order chi connectivity index (χ1) is 9.81. The van der Waals surface area contributed by atoms with E-state index in [4.69, 9.17) is 5.11 Å². The minimum Gasteiger partial charge on any atom is -0.480 e. The second-order valence-electron chi connectivity index (χ2n) is 5.21. The van der Waals surface area contributed by atoms with E-state index >= 15 is 0 Å². The van der Waals surface area contributed by atoms with Crippen LogP contribution < -0.4 is 5.56 Å². The highest BCUT2D eigenvalue weighted by molar-refractivity contribution is 5.98. The van der Waals surface area contributed by atoms with Gasteiger partial charge >= 0.3 is 5.97 Å². The number of Topliss-reactive ketones (excluding diaryl/α,β-unsaturated/α-hetero) is 1. The van der Waals surface area contributed by atoms with Gasteiger partial charge in [-0.3, -0.25) is 14.4 Å². The summed E-state index contributed by atoms with van der Waals surface area (Å²) in [6.07, 6.45) is 0. The van der Waals surface area contributed by atoms with Crippen LogP contribution in [0.5, 0.6) is 0 Å². The standard InChI is InChI=1S/C15H16N2O4/c1-8(2)14-12-6-10(9(3)18)4-5-11(12)15(21)17(16-14)7-13(19)20/h4-6,8H,7H2,1-3H3,(H,19,20). The van der Waals surface area contributed by atoms with Gasteiger partial charge < -0.3 is 5.11 Å². The summed E-state index contributed by atoms with van der Waals surface area (Å²) >= 11 is 0. The molecule has 0 fully saturated rings. The van der Waals surface area contributed by atoms with Crippen molar-refractivity contribution < 1.29 is 14.7 Å². The molecule has 0 spiro atoms. The van der Waals surface area contributed by atoms with E-state index in [1.54, 1.807) is 18.2 Å². The molecule has 1 N–H and O–H groups in total. The molecule has 1 heterocycles. The largest absolute Gasteiger partial charge is 0.480 e. The lowest BCUT2D eigenvalue weighted by Crippen LogP contribution is -2.28. The van der Waals surface area contributed by atoms with Crippen molar-refractivity contribution in [2.45, 2.75) is 33.2 Å². The van der Waals surface area contributed by atoms with Crippen LogP contribution >= 0.6 is 0 Å². The number of carbonyl (C=O) groups excluding carboxylic acids is 1. The van der Waals surface area contributed by atoms with Crippen LogP contribution in [0.1, 0.15) is 42.7 Å². The van der Waals surface area contributed by atoms with E-state index in [0.717, 1.165) is 4.68 Å². The summed E-state index contributed by atoms with van der Waals surface area (Å²) in [6, 6.07) is 4.77. The molecule has 2 rings (SSSR count). The number of aliphatic carboxylic acids is 1. The Morgan fingerprint density at radius 2 is 1.95 bits per heavy atom. The molecule has 6 nitrogen and oxygen atoms in total. The number of aromatic nitrogens is 2. The smallest absolute Gasteiger partial charge is 0.325 e. The Kier molecular flexibility index (Phi) is 3.88. The number of carboxylic acids is 1. The van der Waals surface area contributed by atoms with E-state index in [-0.39, 0.29) is 11.7 Å². The van der Waals surface area contributed by atoms with Gasteiger partial charge in [-0.1, -0.05) is 19.9 Å². The maximum absolute atomic E-state index is 12.3. The first-order valence-electron chi connectivity index (χ1n) is 6.58. The van der Waals surface area contributed by atoms with Gasteiger partial charge in [-0.25, -0.2) is 4.68 Å². The highest BCUT2D eigenvalue weighted by Gasteiger charge is 2.15. The number of carboxylic acid groups (broad SMARTS) is 1. The molecule has 2 aromatic rings. The number of ketones is 1. The third kappa shape index (κ3) is 2.84. The Morgan fingerprint density at radius 1 is 1.29 bits per heavy atom. The summed E-state index contributed by atoms with van der Waals surface area (Å²) in [5, 5.41) is 14.0. The summed E-state index contributed by atoms with van der Waals surface area (Å²) in [7, 11) is 0. The van der Waals surface area contributed by atoms with Crippen molar-refractivity contribution in [2.75, 3.05) is 0 Å². The number of fused-ring (bicyclic) bond motifs is 1. The predicted octanol–water partition coefficient (Wildman–Crippen LogP) is 1.81. The van der Waals surface area contributed by atoms with Gasteiger partial charge in [0.2, 0.25) is 0 Å². The number of carbonyl (C=O) groups is 2. The fourth-order valence-corrected chi connectivity index (χ4v) is 2.19. The Labute approximate surface area is 121 Å². The predicted molar refractivity (Wildman–Crippen MR) is 77.7 cm³/mol. The van der Waals surface area contributed by atoms with Crippen molar-refractivity contribution in [3.63, 3.8) is 0 Å². The maximum atomic E-state index is 12.3. The summed E-state index contributed by atoms with van der Waals surface area (Å²) in [6.45, 7) is 4.77. The highest BCUT2D eigenvalue weighted by Crippen LogP contribution is 2.22. The molecule has 1 aromatic heterocycles. The minimum absolute atomic E-state index is 0.00430.